The summed E-state index contributed by atoms with van der Waals surface area (Å²) in [6.45, 7) is 5.28. The number of benzene rings is 2. The van der Waals surface area contributed by atoms with Crippen molar-refractivity contribution >= 4 is 46.6 Å². The number of unbranched alkanes of at least 4 members (excludes halogenated alkanes) is 9. The van der Waals surface area contributed by atoms with E-state index in [0.717, 1.165) is 38.5 Å². The third-order valence-corrected chi connectivity index (χ3v) is 7.45. The summed E-state index contributed by atoms with van der Waals surface area (Å²) in [6, 6.07) is 15.3. The van der Waals surface area contributed by atoms with Crippen molar-refractivity contribution in [3.05, 3.63) is 70.8 Å². The molecule has 8 heteroatoms. The molecule has 6 nitrogen and oxygen atoms in total. The van der Waals surface area contributed by atoms with Gasteiger partial charge in [0.2, 0.25) is 0 Å². The summed E-state index contributed by atoms with van der Waals surface area (Å²) < 4.78 is 11.0. The number of carbonyl (C=O) groups is 2. The minimum absolute atomic E-state index is 0.0923. The van der Waals surface area contributed by atoms with Crippen LogP contribution in [0.15, 0.2) is 48.5 Å². The number of nitrogens with one attached hydrogen (secondary N) is 2. The highest BCUT2D eigenvalue weighted by atomic mass is 32.1. The van der Waals surface area contributed by atoms with E-state index >= 15 is 0 Å². The lowest BCUT2D eigenvalue weighted by molar-refractivity contribution is 0.0958. The Bertz CT molecular complexity index is 1000. The van der Waals surface area contributed by atoms with Crippen LogP contribution in [-0.2, 0) is 22.3 Å². The average Bonchev–Trinajstić information content (AvgIpc) is 2.99. The molecule has 0 aliphatic rings. The third-order valence-electron chi connectivity index (χ3n) is 7.01. The van der Waals surface area contributed by atoms with E-state index in [4.69, 9.17) is 33.9 Å². The van der Waals surface area contributed by atoms with Crippen molar-refractivity contribution in [3.8, 4) is 0 Å². The van der Waals surface area contributed by atoms with E-state index in [0.29, 0.717) is 24.3 Å². The van der Waals surface area contributed by atoms with Crippen molar-refractivity contribution in [1.29, 1.82) is 0 Å². The number of hydrogen-bond donors (Lipinski definition) is 2. The number of amides is 2. The average molecular weight is 613 g/mol. The Labute approximate surface area is 263 Å². The summed E-state index contributed by atoms with van der Waals surface area (Å²) in [6.07, 6.45) is 15.3. The first kappa shape index (κ1) is 35.4. The SMILES string of the molecule is CCCCCCc1ccc(C(=O)NC(=S)OCCCCCCOC(=S)NC(=O)c2ccc(CCCCCC)cc2)cc1. The third kappa shape index (κ3) is 15.4. The molecule has 0 aliphatic heterocycles. The first-order chi connectivity index (χ1) is 20.4. The molecule has 0 unspecified atom stereocenters. The van der Waals surface area contributed by atoms with Gasteiger partial charge in [-0.2, -0.15) is 0 Å². The highest BCUT2D eigenvalue weighted by Gasteiger charge is 2.10. The van der Waals surface area contributed by atoms with Crippen LogP contribution in [0.3, 0.4) is 0 Å². The Morgan fingerprint density at radius 1 is 0.548 bits per heavy atom. The lowest BCUT2D eigenvalue weighted by Crippen LogP contribution is -2.31. The lowest BCUT2D eigenvalue weighted by atomic mass is 10.0. The maximum Gasteiger partial charge on any atom is 0.263 e. The second-order valence-electron chi connectivity index (χ2n) is 10.6. The van der Waals surface area contributed by atoms with Crippen LogP contribution in [0, 0.1) is 0 Å². The van der Waals surface area contributed by atoms with Crippen molar-refractivity contribution in [3.63, 3.8) is 0 Å². The molecule has 0 atom stereocenters. The minimum atomic E-state index is -0.257. The number of thiocarbonyl (C=S) groups is 2. The van der Waals surface area contributed by atoms with Gasteiger partial charge in [-0.15, -0.1) is 0 Å². The first-order valence-electron chi connectivity index (χ1n) is 15.6. The molecule has 0 radical (unpaired) electrons. The van der Waals surface area contributed by atoms with Gasteiger partial charge < -0.3 is 9.47 Å². The number of hydrogen-bond acceptors (Lipinski definition) is 6. The zero-order valence-corrected chi connectivity index (χ0v) is 27.0. The summed E-state index contributed by atoms with van der Waals surface area (Å²) in [4.78, 5) is 24.8. The fourth-order valence-electron chi connectivity index (χ4n) is 4.45. The second-order valence-corrected chi connectivity index (χ2v) is 11.4. The van der Waals surface area contributed by atoms with Gasteiger partial charge in [-0.05, 0) is 111 Å². The molecule has 2 aromatic carbocycles. The minimum Gasteiger partial charge on any atom is -0.471 e. The van der Waals surface area contributed by atoms with Gasteiger partial charge in [0.25, 0.3) is 22.2 Å². The second kappa shape index (κ2) is 21.8. The first-order valence-corrected chi connectivity index (χ1v) is 16.4. The Morgan fingerprint density at radius 2 is 0.905 bits per heavy atom. The molecule has 0 aliphatic carbocycles. The topological polar surface area (TPSA) is 76.7 Å². The van der Waals surface area contributed by atoms with E-state index in [2.05, 4.69) is 24.5 Å². The predicted molar refractivity (Wildman–Crippen MR) is 179 cm³/mol. The van der Waals surface area contributed by atoms with Gasteiger partial charge in [0, 0.05) is 11.1 Å². The normalized spacial score (nSPS) is 10.6. The van der Waals surface area contributed by atoms with Gasteiger partial charge in [0.05, 0.1) is 13.2 Å². The van der Waals surface area contributed by atoms with E-state index in [1.54, 1.807) is 0 Å². The number of carbonyl (C=O) groups excluding carboxylic acids is 2. The lowest BCUT2D eigenvalue weighted by Gasteiger charge is -2.10. The fourth-order valence-corrected chi connectivity index (χ4v) is 4.80. The molecule has 0 saturated heterocycles. The molecule has 0 bridgehead atoms. The monoisotopic (exact) mass is 612 g/mol. The molecular weight excluding hydrogens is 565 g/mol. The van der Waals surface area contributed by atoms with Crippen LogP contribution in [0.2, 0.25) is 0 Å². The maximum atomic E-state index is 12.4. The van der Waals surface area contributed by atoms with Crippen molar-refractivity contribution in [2.45, 2.75) is 104 Å². The highest BCUT2D eigenvalue weighted by molar-refractivity contribution is 7.80. The molecule has 0 saturated carbocycles. The Balaban J connectivity index is 1.50. The van der Waals surface area contributed by atoms with Gasteiger partial charge in [0.1, 0.15) is 0 Å². The molecule has 0 fully saturated rings. The predicted octanol–water partition coefficient (Wildman–Crippen LogP) is 8.26. The van der Waals surface area contributed by atoms with E-state index in [9.17, 15) is 9.59 Å². The molecule has 0 spiro atoms. The van der Waals surface area contributed by atoms with Crippen LogP contribution in [0.1, 0.15) is 123 Å². The van der Waals surface area contributed by atoms with Crippen molar-refractivity contribution in [2.24, 2.45) is 0 Å². The van der Waals surface area contributed by atoms with Crippen LogP contribution in [0.5, 0.6) is 0 Å². The van der Waals surface area contributed by atoms with Crippen LogP contribution in [-0.4, -0.2) is 35.4 Å². The van der Waals surface area contributed by atoms with E-state index < -0.39 is 0 Å². The van der Waals surface area contributed by atoms with Crippen molar-refractivity contribution < 1.29 is 19.1 Å². The van der Waals surface area contributed by atoms with E-state index in [1.165, 1.54) is 62.5 Å². The molecule has 0 heterocycles. The highest BCUT2D eigenvalue weighted by Crippen LogP contribution is 2.11. The molecule has 230 valence electrons. The molecular formula is C34H48N2O4S2. The van der Waals surface area contributed by atoms with E-state index in [1.807, 2.05) is 48.5 Å². The molecule has 0 aromatic heterocycles. The fraction of sp³-hybridized carbons (Fsp3) is 0.529. The maximum absolute atomic E-state index is 12.4. The zero-order valence-electron chi connectivity index (χ0n) is 25.4. The van der Waals surface area contributed by atoms with Crippen LogP contribution < -0.4 is 10.6 Å². The molecule has 2 amide bonds. The summed E-state index contributed by atoms with van der Waals surface area (Å²) >= 11 is 10.3. The van der Waals surface area contributed by atoms with Gasteiger partial charge in [0.15, 0.2) is 0 Å². The number of rotatable bonds is 19. The smallest absolute Gasteiger partial charge is 0.263 e. The van der Waals surface area contributed by atoms with Crippen molar-refractivity contribution in [2.75, 3.05) is 13.2 Å². The molecule has 2 aromatic rings. The van der Waals surface area contributed by atoms with Crippen LogP contribution in [0.4, 0.5) is 0 Å². The van der Waals surface area contributed by atoms with Crippen LogP contribution >= 0.6 is 24.4 Å². The largest absolute Gasteiger partial charge is 0.471 e. The Hall–Kier alpha value is -2.84. The van der Waals surface area contributed by atoms with Gasteiger partial charge in [-0.1, -0.05) is 76.6 Å². The standard InChI is InChI=1S/C34H48N2O4S2/c1-3-5-7-11-15-27-17-21-29(22-18-27)31(37)35-33(41)39-25-13-9-10-14-26-40-34(42)36-32(38)30-23-19-28(20-24-30)16-12-8-6-4-2/h17-24H,3-16,25-26H2,1-2H3,(H,35,37,41)(H,36,38,42). The van der Waals surface area contributed by atoms with Crippen molar-refractivity contribution in [1.82, 2.24) is 10.6 Å². The van der Waals surface area contributed by atoms with Gasteiger partial charge >= 0.3 is 0 Å². The zero-order chi connectivity index (χ0) is 30.4. The van der Waals surface area contributed by atoms with E-state index in [-0.39, 0.29) is 22.2 Å². The molecule has 42 heavy (non-hydrogen) atoms. The Morgan fingerprint density at radius 3 is 1.26 bits per heavy atom. The van der Waals surface area contributed by atoms with Gasteiger partial charge in [-0.25, -0.2) is 0 Å². The summed E-state index contributed by atoms with van der Waals surface area (Å²) in [5.41, 5.74) is 3.62. The van der Waals surface area contributed by atoms with Crippen LogP contribution in [0.25, 0.3) is 0 Å². The summed E-state index contributed by atoms with van der Waals surface area (Å²) in [7, 11) is 0. The summed E-state index contributed by atoms with van der Waals surface area (Å²) in [5.74, 6) is -0.514. The quantitative estimate of drug-likeness (QED) is 0.123. The number of aryl methyl sites for hydroxylation is 2. The molecule has 2 rings (SSSR count). The summed E-state index contributed by atoms with van der Waals surface area (Å²) in [5, 5.41) is 5.47. The number of ether oxygens (including phenoxy) is 2. The Kier molecular flexibility index (Phi) is 18.4. The molecule has 2 N–H and O–H groups in total. The van der Waals surface area contributed by atoms with Gasteiger partial charge in [-0.3, -0.25) is 20.2 Å².